The zero-order valence-corrected chi connectivity index (χ0v) is 15.0. The predicted molar refractivity (Wildman–Crippen MR) is 96.0 cm³/mol. The Balaban J connectivity index is 1.99. The summed E-state index contributed by atoms with van der Waals surface area (Å²) >= 11 is 6.11. The SMILES string of the molecule is COc1ncnc2c1c(N1C(=O)COCC1C)cn2-c1cc(Cl)ccn1. The summed E-state index contributed by atoms with van der Waals surface area (Å²) in [5.41, 5.74) is 1.23. The maximum absolute atomic E-state index is 12.5. The maximum Gasteiger partial charge on any atom is 0.253 e. The lowest BCUT2D eigenvalue weighted by Gasteiger charge is -2.32. The van der Waals surface area contributed by atoms with Crippen molar-refractivity contribution in [3.8, 4) is 11.7 Å². The van der Waals surface area contributed by atoms with Gasteiger partial charge in [-0.25, -0.2) is 15.0 Å². The van der Waals surface area contributed by atoms with E-state index < -0.39 is 0 Å². The van der Waals surface area contributed by atoms with E-state index in [4.69, 9.17) is 21.1 Å². The highest BCUT2D eigenvalue weighted by atomic mass is 35.5. The van der Waals surface area contributed by atoms with Gasteiger partial charge >= 0.3 is 0 Å². The van der Waals surface area contributed by atoms with E-state index in [1.165, 1.54) is 13.4 Å². The zero-order valence-electron chi connectivity index (χ0n) is 14.2. The lowest BCUT2D eigenvalue weighted by Crippen LogP contribution is -2.48. The monoisotopic (exact) mass is 373 g/mol. The van der Waals surface area contributed by atoms with E-state index in [-0.39, 0.29) is 18.6 Å². The summed E-state index contributed by atoms with van der Waals surface area (Å²) in [6, 6.07) is 3.29. The van der Waals surface area contributed by atoms with Crippen LogP contribution in [0, 0.1) is 0 Å². The summed E-state index contributed by atoms with van der Waals surface area (Å²) in [5.74, 6) is 0.841. The summed E-state index contributed by atoms with van der Waals surface area (Å²) in [7, 11) is 1.53. The van der Waals surface area contributed by atoms with Crippen LogP contribution in [0.3, 0.4) is 0 Å². The highest BCUT2D eigenvalue weighted by Gasteiger charge is 2.31. The number of nitrogens with zero attached hydrogens (tertiary/aromatic N) is 5. The number of methoxy groups -OCH3 is 1. The second kappa shape index (κ2) is 6.54. The van der Waals surface area contributed by atoms with Gasteiger partial charge in [-0.05, 0) is 13.0 Å². The van der Waals surface area contributed by atoms with Crippen LogP contribution in [0.2, 0.25) is 5.02 Å². The number of halogens is 1. The van der Waals surface area contributed by atoms with E-state index in [2.05, 4.69) is 15.0 Å². The van der Waals surface area contributed by atoms with Gasteiger partial charge in [0.25, 0.3) is 5.91 Å². The Labute approximate surface area is 154 Å². The van der Waals surface area contributed by atoms with Crippen molar-refractivity contribution in [2.45, 2.75) is 13.0 Å². The van der Waals surface area contributed by atoms with Gasteiger partial charge in [0.2, 0.25) is 5.88 Å². The second-order valence-electron chi connectivity index (χ2n) is 5.93. The number of anilines is 1. The molecule has 1 amide bonds. The highest BCUT2D eigenvalue weighted by Crippen LogP contribution is 2.37. The molecule has 1 aliphatic rings. The molecule has 0 spiro atoms. The van der Waals surface area contributed by atoms with Gasteiger partial charge in [-0.2, -0.15) is 0 Å². The van der Waals surface area contributed by atoms with Crippen LogP contribution in [0.15, 0.2) is 30.9 Å². The minimum atomic E-state index is -0.132. The minimum absolute atomic E-state index is 0.0302. The molecule has 1 fully saturated rings. The van der Waals surface area contributed by atoms with Gasteiger partial charge in [0, 0.05) is 23.5 Å². The van der Waals surface area contributed by atoms with Crippen molar-refractivity contribution in [2.75, 3.05) is 25.2 Å². The van der Waals surface area contributed by atoms with Crippen LogP contribution in [-0.4, -0.2) is 51.8 Å². The molecule has 4 rings (SSSR count). The minimum Gasteiger partial charge on any atom is -0.480 e. The first-order valence-corrected chi connectivity index (χ1v) is 8.39. The fourth-order valence-corrected chi connectivity index (χ4v) is 3.29. The van der Waals surface area contributed by atoms with E-state index >= 15 is 0 Å². The third-order valence-electron chi connectivity index (χ3n) is 4.23. The molecule has 1 aliphatic heterocycles. The summed E-state index contributed by atoms with van der Waals surface area (Å²) in [4.78, 5) is 27.2. The zero-order chi connectivity index (χ0) is 18.3. The number of amides is 1. The molecule has 0 aliphatic carbocycles. The number of rotatable bonds is 3. The first-order chi connectivity index (χ1) is 12.6. The lowest BCUT2D eigenvalue weighted by atomic mass is 10.2. The van der Waals surface area contributed by atoms with Crippen LogP contribution in [0.4, 0.5) is 5.69 Å². The van der Waals surface area contributed by atoms with Crippen LogP contribution in [0.1, 0.15) is 6.92 Å². The molecule has 134 valence electrons. The molecule has 3 aromatic rings. The third kappa shape index (κ3) is 2.67. The van der Waals surface area contributed by atoms with Gasteiger partial charge in [-0.15, -0.1) is 0 Å². The molecule has 1 saturated heterocycles. The van der Waals surface area contributed by atoms with Crippen molar-refractivity contribution in [1.82, 2.24) is 19.5 Å². The highest BCUT2D eigenvalue weighted by molar-refractivity contribution is 6.30. The molecule has 0 bridgehead atoms. The number of carbonyl (C=O) groups is 1. The summed E-state index contributed by atoms with van der Waals surface area (Å²) in [6.45, 7) is 2.40. The topological polar surface area (TPSA) is 82.4 Å². The molecule has 0 radical (unpaired) electrons. The van der Waals surface area contributed by atoms with Crippen LogP contribution in [-0.2, 0) is 9.53 Å². The molecule has 1 atom stereocenters. The molecule has 3 aromatic heterocycles. The van der Waals surface area contributed by atoms with Crippen molar-refractivity contribution in [3.05, 3.63) is 35.9 Å². The number of hydrogen-bond donors (Lipinski definition) is 0. The van der Waals surface area contributed by atoms with Crippen molar-refractivity contribution in [2.24, 2.45) is 0 Å². The molecule has 0 N–H and O–H groups in total. The lowest BCUT2D eigenvalue weighted by molar-refractivity contribution is -0.127. The third-order valence-corrected chi connectivity index (χ3v) is 4.46. The standard InChI is InChI=1S/C17H16ClN5O3/c1-10-7-26-8-14(24)23(10)12-6-22(13-5-11(18)3-4-19-13)16-15(12)17(25-2)21-9-20-16/h3-6,9-10H,7-8H2,1-2H3. The average Bonchev–Trinajstić information content (AvgIpc) is 3.01. The van der Waals surface area contributed by atoms with Gasteiger partial charge in [-0.1, -0.05) is 11.6 Å². The molecule has 26 heavy (non-hydrogen) atoms. The van der Waals surface area contributed by atoms with E-state index in [0.29, 0.717) is 40.0 Å². The van der Waals surface area contributed by atoms with Crippen LogP contribution in [0.25, 0.3) is 16.9 Å². The molecule has 9 heteroatoms. The molecule has 1 unspecified atom stereocenters. The van der Waals surface area contributed by atoms with Crippen molar-refractivity contribution >= 4 is 34.2 Å². The average molecular weight is 374 g/mol. The smallest absolute Gasteiger partial charge is 0.253 e. The Morgan fingerprint density at radius 2 is 2.19 bits per heavy atom. The summed E-state index contributed by atoms with van der Waals surface area (Å²) in [5, 5.41) is 1.19. The summed E-state index contributed by atoms with van der Waals surface area (Å²) < 4.78 is 12.5. The Morgan fingerprint density at radius 3 is 2.92 bits per heavy atom. The van der Waals surface area contributed by atoms with Crippen LogP contribution < -0.4 is 9.64 Å². The number of morpholine rings is 1. The molecule has 0 aromatic carbocycles. The fourth-order valence-electron chi connectivity index (χ4n) is 3.13. The number of ether oxygens (including phenoxy) is 2. The van der Waals surface area contributed by atoms with Crippen molar-refractivity contribution in [3.63, 3.8) is 0 Å². The van der Waals surface area contributed by atoms with Gasteiger partial charge < -0.3 is 14.4 Å². The second-order valence-corrected chi connectivity index (χ2v) is 6.36. The largest absolute Gasteiger partial charge is 0.480 e. The number of hydrogen-bond acceptors (Lipinski definition) is 6. The van der Waals surface area contributed by atoms with Gasteiger partial charge in [-0.3, -0.25) is 9.36 Å². The first kappa shape index (κ1) is 16.7. The molecular formula is C17H16ClN5O3. The van der Waals surface area contributed by atoms with E-state index in [1.54, 1.807) is 34.0 Å². The Hall–Kier alpha value is -2.71. The Bertz CT molecular complexity index is 990. The molecule has 8 nitrogen and oxygen atoms in total. The number of aromatic nitrogens is 4. The van der Waals surface area contributed by atoms with Gasteiger partial charge in [0.1, 0.15) is 24.1 Å². The normalized spacial score (nSPS) is 17.7. The predicted octanol–water partition coefficient (Wildman–Crippen LogP) is 2.23. The van der Waals surface area contributed by atoms with Crippen molar-refractivity contribution in [1.29, 1.82) is 0 Å². The van der Waals surface area contributed by atoms with Crippen molar-refractivity contribution < 1.29 is 14.3 Å². The van der Waals surface area contributed by atoms with E-state index in [1.807, 2.05) is 6.92 Å². The maximum atomic E-state index is 12.5. The molecule has 0 saturated carbocycles. The first-order valence-electron chi connectivity index (χ1n) is 8.02. The Morgan fingerprint density at radius 1 is 1.35 bits per heavy atom. The van der Waals surface area contributed by atoms with Gasteiger partial charge in [0.15, 0.2) is 5.65 Å². The van der Waals surface area contributed by atoms with Crippen LogP contribution >= 0.6 is 11.6 Å². The fraction of sp³-hybridized carbons (Fsp3) is 0.294. The van der Waals surface area contributed by atoms with Gasteiger partial charge in [0.05, 0.1) is 25.4 Å². The summed E-state index contributed by atoms with van der Waals surface area (Å²) in [6.07, 6.45) is 4.83. The van der Waals surface area contributed by atoms with Crippen LogP contribution in [0.5, 0.6) is 5.88 Å². The van der Waals surface area contributed by atoms with E-state index in [0.717, 1.165) is 0 Å². The van der Waals surface area contributed by atoms with E-state index in [9.17, 15) is 4.79 Å². The number of pyridine rings is 1. The molecule has 4 heterocycles. The molecular weight excluding hydrogens is 358 g/mol. The number of fused-ring (bicyclic) bond motifs is 1. The number of carbonyl (C=O) groups excluding carboxylic acids is 1. The quantitative estimate of drug-likeness (QED) is 0.700. The Kier molecular flexibility index (Phi) is 4.21.